The number of rotatable bonds is 4. The molecule has 7 heteroatoms. The number of hydrogen-bond donors (Lipinski definition) is 2. The summed E-state index contributed by atoms with van der Waals surface area (Å²) < 4.78 is 5.07. The molecule has 0 bridgehead atoms. The average molecular weight is 353 g/mol. The lowest BCUT2D eigenvalue weighted by Crippen LogP contribution is -2.51. The van der Waals surface area contributed by atoms with Crippen LogP contribution in [0.25, 0.3) is 0 Å². The maximum absolute atomic E-state index is 12.4. The van der Waals surface area contributed by atoms with Crippen molar-refractivity contribution < 1.29 is 19.1 Å². The SMILES string of the molecule is COc1ccc(NC(=O)CC2C(=O)Nc3ccccc3N2C(C)=O)cc1. The zero-order valence-electron chi connectivity index (χ0n) is 14.5. The van der Waals surface area contributed by atoms with Crippen LogP contribution in [0.4, 0.5) is 17.1 Å². The first-order chi connectivity index (χ1) is 12.5. The van der Waals surface area contributed by atoms with Gasteiger partial charge in [-0.05, 0) is 36.4 Å². The Labute approximate surface area is 150 Å². The lowest BCUT2D eigenvalue weighted by atomic mass is 10.0. The molecule has 134 valence electrons. The summed E-state index contributed by atoms with van der Waals surface area (Å²) in [6.07, 6.45) is -0.147. The Balaban J connectivity index is 1.77. The predicted octanol–water partition coefficient (Wildman–Crippen LogP) is 2.40. The first-order valence-corrected chi connectivity index (χ1v) is 8.13. The summed E-state index contributed by atoms with van der Waals surface area (Å²) in [4.78, 5) is 38.3. The zero-order chi connectivity index (χ0) is 18.7. The summed E-state index contributed by atoms with van der Waals surface area (Å²) in [5.41, 5.74) is 1.73. The van der Waals surface area contributed by atoms with E-state index in [-0.39, 0.29) is 24.1 Å². The van der Waals surface area contributed by atoms with Gasteiger partial charge in [-0.15, -0.1) is 0 Å². The number of hydrogen-bond acceptors (Lipinski definition) is 4. The lowest BCUT2D eigenvalue weighted by molar-refractivity contribution is -0.125. The number of nitrogens with zero attached hydrogens (tertiary/aromatic N) is 1. The number of anilines is 3. The second kappa shape index (κ2) is 7.26. The van der Waals surface area contributed by atoms with Gasteiger partial charge in [0.25, 0.3) is 0 Å². The van der Waals surface area contributed by atoms with Crippen molar-refractivity contribution in [1.29, 1.82) is 0 Å². The van der Waals surface area contributed by atoms with Crippen LogP contribution < -0.4 is 20.3 Å². The van der Waals surface area contributed by atoms with Gasteiger partial charge in [-0.25, -0.2) is 0 Å². The molecule has 0 spiro atoms. The normalized spacial score (nSPS) is 15.7. The molecule has 0 fully saturated rings. The highest BCUT2D eigenvalue weighted by Crippen LogP contribution is 2.33. The van der Waals surface area contributed by atoms with Gasteiger partial charge in [0.1, 0.15) is 11.8 Å². The van der Waals surface area contributed by atoms with Gasteiger partial charge in [0.15, 0.2) is 0 Å². The molecular weight excluding hydrogens is 334 g/mol. The number of fused-ring (bicyclic) bond motifs is 1. The fourth-order valence-electron chi connectivity index (χ4n) is 2.93. The molecule has 1 heterocycles. The molecule has 0 aliphatic carbocycles. The number of nitrogens with one attached hydrogen (secondary N) is 2. The van der Waals surface area contributed by atoms with E-state index in [2.05, 4.69) is 10.6 Å². The third-order valence-electron chi connectivity index (χ3n) is 4.13. The van der Waals surface area contributed by atoms with E-state index in [0.717, 1.165) is 0 Å². The molecule has 1 aliphatic heterocycles. The molecule has 1 atom stereocenters. The van der Waals surface area contributed by atoms with Crippen molar-refractivity contribution in [3.63, 3.8) is 0 Å². The van der Waals surface area contributed by atoms with Crippen LogP contribution in [0.5, 0.6) is 5.75 Å². The zero-order valence-corrected chi connectivity index (χ0v) is 14.5. The highest BCUT2D eigenvalue weighted by atomic mass is 16.5. The van der Waals surface area contributed by atoms with Crippen LogP contribution in [0, 0.1) is 0 Å². The number of carbonyl (C=O) groups is 3. The third-order valence-corrected chi connectivity index (χ3v) is 4.13. The van der Waals surface area contributed by atoms with E-state index in [4.69, 9.17) is 4.74 Å². The molecule has 2 N–H and O–H groups in total. The Kier molecular flexibility index (Phi) is 4.88. The summed E-state index contributed by atoms with van der Waals surface area (Å²) in [7, 11) is 1.56. The third kappa shape index (κ3) is 3.51. The molecule has 0 saturated heterocycles. The molecule has 1 aliphatic rings. The highest BCUT2D eigenvalue weighted by Gasteiger charge is 2.36. The minimum absolute atomic E-state index is 0.147. The summed E-state index contributed by atoms with van der Waals surface area (Å²) in [5.74, 6) is -0.367. The van der Waals surface area contributed by atoms with E-state index in [1.165, 1.54) is 11.8 Å². The molecule has 7 nitrogen and oxygen atoms in total. The van der Waals surface area contributed by atoms with E-state index >= 15 is 0 Å². The summed E-state index contributed by atoms with van der Waals surface area (Å²) >= 11 is 0. The number of methoxy groups -OCH3 is 1. The van der Waals surface area contributed by atoms with Crippen molar-refractivity contribution in [2.45, 2.75) is 19.4 Å². The number of para-hydroxylation sites is 2. The summed E-state index contributed by atoms with van der Waals surface area (Å²) in [6, 6.07) is 13.0. The Morgan fingerprint density at radius 3 is 2.50 bits per heavy atom. The standard InChI is InChI=1S/C19H19N3O4/c1-12(23)22-16-6-4-3-5-15(16)21-19(25)17(22)11-18(24)20-13-7-9-14(26-2)10-8-13/h3-10,17H,11H2,1-2H3,(H,20,24)(H,21,25). The van der Waals surface area contributed by atoms with E-state index in [0.29, 0.717) is 22.8 Å². The molecule has 2 aromatic carbocycles. The molecule has 1 unspecified atom stereocenters. The number of amides is 3. The average Bonchev–Trinajstić information content (AvgIpc) is 2.62. The fraction of sp³-hybridized carbons (Fsp3) is 0.211. The smallest absolute Gasteiger partial charge is 0.248 e. The first-order valence-electron chi connectivity index (χ1n) is 8.13. The van der Waals surface area contributed by atoms with Crippen LogP contribution in [0.15, 0.2) is 48.5 Å². The molecule has 3 rings (SSSR count). The Morgan fingerprint density at radius 1 is 1.15 bits per heavy atom. The van der Waals surface area contributed by atoms with Gasteiger partial charge in [0.2, 0.25) is 17.7 Å². The number of carbonyl (C=O) groups excluding carboxylic acids is 3. The van der Waals surface area contributed by atoms with Gasteiger partial charge in [-0.2, -0.15) is 0 Å². The van der Waals surface area contributed by atoms with E-state index in [1.807, 2.05) is 0 Å². The van der Waals surface area contributed by atoms with Crippen LogP contribution in [-0.2, 0) is 14.4 Å². The second-order valence-corrected chi connectivity index (χ2v) is 5.89. The van der Waals surface area contributed by atoms with Gasteiger partial charge in [0, 0.05) is 12.6 Å². The van der Waals surface area contributed by atoms with Crippen LogP contribution in [0.2, 0.25) is 0 Å². The molecule has 26 heavy (non-hydrogen) atoms. The van der Waals surface area contributed by atoms with Gasteiger partial charge in [-0.3, -0.25) is 19.3 Å². The topological polar surface area (TPSA) is 87.7 Å². The van der Waals surface area contributed by atoms with Crippen molar-refractivity contribution in [1.82, 2.24) is 0 Å². The van der Waals surface area contributed by atoms with E-state index in [1.54, 1.807) is 55.6 Å². The van der Waals surface area contributed by atoms with E-state index in [9.17, 15) is 14.4 Å². The molecule has 0 aromatic heterocycles. The number of benzene rings is 2. The van der Waals surface area contributed by atoms with E-state index < -0.39 is 6.04 Å². The summed E-state index contributed by atoms with van der Waals surface area (Å²) in [6.45, 7) is 1.38. The van der Waals surface area contributed by atoms with Crippen LogP contribution in [0.1, 0.15) is 13.3 Å². The monoisotopic (exact) mass is 353 g/mol. The predicted molar refractivity (Wildman–Crippen MR) is 98.3 cm³/mol. The summed E-state index contributed by atoms with van der Waals surface area (Å²) in [5, 5.41) is 5.48. The fourth-order valence-corrected chi connectivity index (χ4v) is 2.93. The van der Waals surface area contributed by atoms with Crippen molar-refractivity contribution >= 4 is 34.8 Å². The largest absolute Gasteiger partial charge is 0.497 e. The Morgan fingerprint density at radius 2 is 1.85 bits per heavy atom. The Bertz CT molecular complexity index is 848. The van der Waals surface area contributed by atoms with Gasteiger partial charge in [0.05, 0.1) is 24.9 Å². The van der Waals surface area contributed by atoms with Crippen molar-refractivity contribution in [3.05, 3.63) is 48.5 Å². The van der Waals surface area contributed by atoms with Crippen molar-refractivity contribution in [2.75, 3.05) is 22.6 Å². The van der Waals surface area contributed by atoms with Gasteiger partial charge in [-0.1, -0.05) is 12.1 Å². The van der Waals surface area contributed by atoms with Crippen LogP contribution in [-0.4, -0.2) is 30.9 Å². The quantitative estimate of drug-likeness (QED) is 0.883. The first kappa shape index (κ1) is 17.5. The maximum Gasteiger partial charge on any atom is 0.248 e. The van der Waals surface area contributed by atoms with Crippen molar-refractivity contribution in [3.8, 4) is 5.75 Å². The van der Waals surface area contributed by atoms with Gasteiger partial charge < -0.3 is 15.4 Å². The van der Waals surface area contributed by atoms with Crippen molar-refractivity contribution in [2.24, 2.45) is 0 Å². The lowest BCUT2D eigenvalue weighted by Gasteiger charge is -2.35. The molecule has 2 aromatic rings. The number of ether oxygens (including phenoxy) is 1. The second-order valence-electron chi connectivity index (χ2n) is 5.89. The molecular formula is C19H19N3O4. The minimum atomic E-state index is -0.902. The maximum atomic E-state index is 12.4. The van der Waals surface area contributed by atoms with Gasteiger partial charge >= 0.3 is 0 Å². The van der Waals surface area contributed by atoms with Crippen LogP contribution in [0.3, 0.4) is 0 Å². The minimum Gasteiger partial charge on any atom is -0.497 e. The highest BCUT2D eigenvalue weighted by molar-refractivity contribution is 6.13. The Hall–Kier alpha value is -3.35. The van der Waals surface area contributed by atoms with Crippen LogP contribution >= 0.6 is 0 Å². The molecule has 3 amide bonds. The molecule has 0 saturated carbocycles. The molecule has 0 radical (unpaired) electrons.